The van der Waals surface area contributed by atoms with Crippen LogP contribution >= 0.6 is 11.8 Å². The number of hydrogen-bond acceptors (Lipinski definition) is 5. The van der Waals surface area contributed by atoms with E-state index in [9.17, 15) is 4.39 Å². The number of benzene rings is 1. The van der Waals surface area contributed by atoms with Gasteiger partial charge < -0.3 is 5.32 Å². The van der Waals surface area contributed by atoms with Gasteiger partial charge in [-0.25, -0.2) is 9.07 Å². The fraction of sp³-hybridized carbons (Fsp3) is 0.364. The molecule has 2 rings (SSSR count). The van der Waals surface area contributed by atoms with Crippen molar-refractivity contribution in [3.05, 3.63) is 29.6 Å². The molecule has 2 aromatic rings. The number of rotatable bonds is 4. The van der Waals surface area contributed by atoms with Gasteiger partial charge in [0.05, 0.1) is 4.90 Å². The summed E-state index contributed by atoms with van der Waals surface area (Å²) in [5.41, 5.74) is 0.912. The average Bonchev–Trinajstić information content (AvgIpc) is 2.76. The summed E-state index contributed by atoms with van der Waals surface area (Å²) in [5.74, 6) is -0.261. The zero-order valence-corrected chi connectivity index (χ0v) is 11.2. The normalized spacial score (nSPS) is 12.7. The van der Waals surface area contributed by atoms with Gasteiger partial charge in [-0.3, -0.25) is 0 Å². The predicted octanol–water partition coefficient (Wildman–Crippen LogP) is 1.78. The minimum atomic E-state index is -0.261. The molecule has 1 N–H and O–H groups in total. The third-order valence-electron chi connectivity index (χ3n) is 2.67. The van der Waals surface area contributed by atoms with E-state index in [0.29, 0.717) is 10.1 Å². The van der Waals surface area contributed by atoms with E-state index < -0.39 is 0 Å². The van der Waals surface area contributed by atoms with Crippen LogP contribution < -0.4 is 5.32 Å². The number of aromatic nitrogens is 4. The summed E-state index contributed by atoms with van der Waals surface area (Å²) in [6.45, 7) is 1.98. The Bertz CT molecular complexity index is 542. The molecule has 1 heterocycles. The lowest BCUT2D eigenvalue weighted by Gasteiger charge is -2.11. The van der Waals surface area contributed by atoms with Crippen molar-refractivity contribution in [2.24, 2.45) is 7.05 Å². The molecule has 1 atom stereocenters. The quantitative estimate of drug-likeness (QED) is 0.915. The summed E-state index contributed by atoms with van der Waals surface area (Å²) < 4.78 is 15.5. The molecule has 0 spiro atoms. The Morgan fingerprint density at radius 3 is 2.78 bits per heavy atom. The molecule has 1 aromatic heterocycles. The van der Waals surface area contributed by atoms with E-state index >= 15 is 0 Å². The SMILES string of the molecule is CNC(C)c1ccc(Sc2nnnn2C)c(F)c1. The molecule has 1 unspecified atom stereocenters. The van der Waals surface area contributed by atoms with Gasteiger partial charge in [-0.2, -0.15) is 0 Å². The highest BCUT2D eigenvalue weighted by atomic mass is 32.2. The van der Waals surface area contributed by atoms with Crippen LogP contribution in [0.1, 0.15) is 18.5 Å². The summed E-state index contributed by atoms with van der Waals surface area (Å²) in [4.78, 5) is 0.514. The van der Waals surface area contributed by atoms with Crippen molar-refractivity contribution < 1.29 is 4.39 Å². The molecular formula is C11H14FN5S. The molecule has 7 heteroatoms. The summed E-state index contributed by atoms with van der Waals surface area (Å²) in [6, 6.07) is 5.30. The fourth-order valence-electron chi connectivity index (χ4n) is 1.44. The van der Waals surface area contributed by atoms with Gasteiger partial charge in [-0.05, 0) is 53.9 Å². The van der Waals surface area contributed by atoms with Crippen molar-refractivity contribution in [1.29, 1.82) is 0 Å². The average molecular weight is 267 g/mol. The number of aryl methyl sites for hydroxylation is 1. The molecule has 0 bridgehead atoms. The van der Waals surface area contributed by atoms with Crippen molar-refractivity contribution in [1.82, 2.24) is 25.5 Å². The zero-order chi connectivity index (χ0) is 13.1. The van der Waals surface area contributed by atoms with Gasteiger partial charge in [0.2, 0.25) is 5.16 Å². The maximum absolute atomic E-state index is 13.9. The largest absolute Gasteiger partial charge is 0.313 e. The second-order valence-electron chi connectivity index (χ2n) is 3.89. The van der Waals surface area contributed by atoms with Crippen LogP contribution in [0.15, 0.2) is 28.3 Å². The number of halogens is 1. The topological polar surface area (TPSA) is 55.6 Å². The Kier molecular flexibility index (Phi) is 3.93. The molecule has 0 radical (unpaired) electrons. The van der Waals surface area contributed by atoms with Crippen LogP contribution in [0.25, 0.3) is 0 Å². The second kappa shape index (κ2) is 5.45. The molecule has 0 fully saturated rings. The van der Waals surface area contributed by atoms with E-state index in [-0.39, 0.29) is 11.9 Å². The van der Waals surface area contributed by atoms with Crippen LogP contribution in [0.2, 0.25) is 0 Å². The summed E-state index contributed by atoms with van der Waals surface area (Å²) in [6.07, 6.45) is 0. The molecule has 0 aliphatic carbocycles. The lowest BCUT2D eigenvalue weighted by atomic mass is 10.1. The number of nitrogens with zero attached hydrogens (tertiary/aromatic N) is 4. The van der Waals surface area contributed by atoms with Crippen molar-refractivity contribution in [3.63, 3.8) is 0 Å². The highest BCUT2D eigenvalue weighted by Crippen LogP contribution is 2.29. The third-order valence-corrected chi connectivity index (χ3v) is 3.75. The van der Waals surface area contributed by atoms with E-state index in [2.05, 4.69) is 20.8 Å². The monoisotopic (exact) mass is 267 g/mol. The van der Waals surface area contributed by atoms with Crippen LogP contribution in [0.3, 0.4) is 0 Å². The first-order valence-electron chi connectivity index (χ1n) is 5.48. The second-order valence-corrected chi connectivity index (χ2v) is 4.90. The Labute approximate surface area is 109 Å². The van der Waals surface area contributed by atoms with Crippen molar-refractivity contribution in [3.8, 4) is 0 Å². The van der Waals surface area contributed by atoms with Gasteiger partial charge >= 0.3 is 0 Å². The molecule has 0 saturated heterocycles. The van der Waals surface area contributed by atoms with Crippen molar-refractivity contribution in [2.45, 2.75) is 23.0 Å². The molecule has 0 amide bonds. The highest BCUT2D eigenvalue weighted by molar-refractivity contribution is 7.99. The summed E-state index contributed by atoms with van der Waals surface area (Å²) in [5, 5.41) is 14.7. The van der Waals surface area contributed by atoms with Gasteiger partial charge in [-0.1, -0.05) is 6.07 Å². The molecule has 1 aromatic carbocycles. The lowest BCUT2D eigenvalue weighted by Crippen LogP contribution is -2.12. The fourth-order valence-corrected chi connectivity index (χ4v) is 2.18. The zero-order valence-electron chi connectivity index (χ0n) is 10.4. The lowest BCUT2D eigenvalue weighted by molar-refractivity contribution is 0.586. The molecule has 5 nitrogen and oxygen atoms in total. The van der Waals surface area contributed by atoms with Crippen LogP contribution in [0.4, 0.5) is 4.39 Å². The number of hydrogen-bond donors (Lipinski definition) is 1. The van der Waals surface area contributed by atoms with Gasteiger partial charge in [0.25, 0.3) is 0 Å². The third kappa shape index (κ3) is 2.68. The smallest absolute Gasteiger partial charge is 0.213 e. The van der Waals surface area contributed by atoms with Crippen LogP contribution in [-0.4, -0.2) is 27.3 Å². The Balaban J connectivity index is 2.23. The number of tetrazole rings is 1. The predicted molar refractivity (Wildman–Crippen MR) is 66.8 cm³/mol. The molecule has 18 heavy (non-hydrogen) atoms. The molecular weight excluding hydrogens is 253 g/mol. The van der Waals surface area contributed by atoms with E-state index in [1.165, 1.54) is 22.5 Å². The first-order chi connectivity index (χ1) is 8.61. The first kappa shape index (κ1) is 13.0. The summed E-state index contributed by atoms with van der Waals surface area (Å²) in [7, 11) is 3.56. The first-order valence-corrected chi connectivity index (χ1v) is 6.30. The van der Waals surface area contributed by atoms with Crippen molar-refractivity contribution >= 4 is 11.8 Å². The van der Waals surface area contributed by atoms with Gasteiger partial charge in [-0.15, -0.1) is 5.10 Å². The molecule has 0 saturated carbocycles. The van der Waals surface area contributed by atoms with Gasteiger partial charge in [0, 0.05) is 13.1 Å². The van der Waals surface area contributed by atoms with Gasteiger partial charge in [0.15, 0.2) is 0 Å². The van der Waals surface area contributed by atoms with E-state index in [1.807, 2.05) is 20.0 Å². The van der Waals surface area contributed by atoms with Crippen LogP contribution in [-0.2, 0) is 7.05 Å². The van der Waals surface area contributed by atoms with Crippen LogP contribution in [0.5, 0.6) is 0 Å². The highest BCUT2D eigenvalue weighted by Gasteiger charge is 2.11. The molecule has 0 aliphatic rings. The Hall–Kier alpha value is -1.47. The summed E-state index contributed by atoms with van der Waals surface area (Å²) >= 11 is 1.21. The van der Waals surface area contributed by atoms with Crippen molar-refractivity contribution in [2.75, 3.05) is 7.05 Å². The Morgan fingerprint density at radius 2 is 2.22 bits per heavy atom. The van der Waals surface area contributed by atoms with Crippen LogP contribution in [0, 0.1) is 5.82 Å². The maximum atomic E-state index is 13.9. The van der Waals surface area contributed by atoms with E-state index in [0.717, 1.165) is 5.56 Å². The minimum Gasteiger partial charge on any atom is -0.313 e. The number of nitrogens with one attached hydrogen (secondary N) is 1. The standard InChI is InChI=1S/C11H14FN5S/c1-7(13-2)8-4-5-10(9(12)6-8)18-11-14-15-16-17(11)3/h4-7,13H,1-3H3. The van der Waals surface area contributed by atoms with E-state index in [1.54, 1.807) is 13.1 Å². The molecule has 96 valence electrons. The maximum Gasteiger partial charge on any atom is 0.213 e. The van der Waals surface area contributed by atoms with Gasteiger partial charge in [0.1, 0.15) is 5.82 Å². The minimum absolute atomic E-state index is 0.120. The van der Waals surface area contributed by atoms with E-state index in [4.69, 9.17) is 0 Å². The molecule has 0 aliphatic heterocycles. The Morgan fingerprint density at radius 1 is 1.44 bits per heavy atom.